The minimum Gasteiger partial charge on any atom is -0.507 e. The molecule has 348 valence electrons. The highest BCUT2D eigenvalue weighted by atomic mass is 16.7. The number of nitrogens with one attached hydrogen (secondary N) is 1. The molecule has 4 N–H and O–H groups in total. The maximum Gasteiger partial charge on any atom is 0.312 e. The molecule has 0 radical (unpaired) electrons. The maximum absolute atomic E-state index is 14.8. The van der Waals surface area contributed by atoms with Crippen molar-refractivity contribution >= 4 is 45.2 Å². The number of Topliss-reactive ketones (excluding diaryl/α,β-unsaturated/α-hetero) is 1. The van der Waals surface area contributed by atoms with E-state index in [4.69, 9.17) is 33.1 Å². The zero-order valence-corrected chi connectivity index (χ0v) is 38.5. The number of hydrogen-bond donors (Lipinski definition) is 4. The zero-order chi connectivity index (χ0) is 47.2. The third kappa shape index (κ3) is 8.96. The summed E-state index contributed by atoms with van der Waals surface area (Å²) < 4.78 is 36.7. The first-order chi connectivity index (χ1) is 30.8. The Bertz CT molecular complexity index is 2630. The van der Waals surface area contributed by atoms with Gasteiger partial charge in [-0.05, 0) is 51.9 Å². The normalized spacial score (nSPS) is 30.4. The number of methoxy groups -OCH3 is 1. The highest BCUT2D eigenvalue weighted by molar-refractivity contribution is 6.22. The van der Waals surface area contributed by atoms with Gasteiger partial charge in [-0.2, -0.15) is 0 Å². The molecule has 2 aromatic carbocycles. The van der Waals surface area contributed by atoms with Crippen molar-refractivity contribution in [2.45, 2.75) is 105 Å². The number of piperidine rings is 1. The van der Waals surface area contributed by atoms with Gasteiger partial charge in [0.25, 0.3) is 11.7 Å². The molecule has 2 aromatic rings. The molecule has 0 saturated carbocycles. The maximum atomic E-state index is 14.8. The van der Waals surface area contributed by atoms with Crippen LogP contribution >= 0.6 is 0 Å². The summed E-state index contributed by atoms with van der Waals surface area (Å²) in [6.45, 7) is 14.4. The van der Waals surface area contributed by atoms with Gasteiger partial charge in [-0.25, -0.2) is 4.98 Å². The Balaban J connectivity index is 1.41. The second-order valence-corrected chi connectivity index (χ2v) is 18.0. The summed E-state index contributed by atoms with van der Waals surface area (Å²) in [6.07, 6.45) is 5.26. The first kappa shape index (κ1) is 47.2. The second-order valence-electron chi connectivity index (χ2n) is 18.0. The largest absolute Gasteiger partial charge is 0.507 e. The lowest BCUT2D eigenvalue weighted by molar-refractivity contribution is -0.160. The van der Waals surface area contributed by atoms with Crippen molar-refractivity contribution in [2.75, 3.05) is 32.6 Å². The molecular weight excluding hydrogens is 839 g/mol. The smallest absolute Gasteiger partial charge is 0.312 e. The monoisotopic (exact) mass is 897 g/mol. The molecule has 4 bridgehead atoms. The molecule has 4 heterocycles. The fourth-order valence-corrected chi connectivity index (χ4v) is 9.15. The van der Waals surface area contributed by atoms with Gasteiger partial charge in [0.2, 0.25) is 5.43 Å². The average molecular weight is 898 g/mol. The van der Waals surface area contributed by atoms with Gasteiger partial charge in [-0.3, -0.25) is 19.2 Å². The topological polar surface area (TPSA) is 216 Å². The lowest BCUT2D eigenvalue weighted by Crippen LogP contribution is -2.46. The van der Waals surface area contributed by atoms with Gasteiger partial charge in [-0.15, -0.1) is 0 Å². The Kier molecular flexibility index (Phi) is 13.5. The van der Waals surface area contributed by atoms with Crippen molar-refractivity contribution in [1.82, 2.24) is 9.88 Å². The molecule has 65 heavy (non-hydrogen) atoms. The number of carbonyl (C=O) groups is 3. The van der Waals surface area contributed by atoms with Gasteiger partial charge < -0.3 is 53.6 Å². The summed E-state index contributed by atoms with van der Waals surface area (Å²) in [5.74, 6) is -6.70. The van der Waals surface area contributed by atoms with E-state index in [9.17, 15) is 34.5 Å². The minimum absolute atomic E-state index is 0.0105. The number of likely N-dealkylation sites (tertiary alicyclic amines) is 1. The van der Waals surface area contributed by atoms with Crippen LogP contribution < -0.4 is 20.2 Å². The van der Waals surface area contributed by atoms with Crippen LogP contribution in [0.2, 0.25) is 0 Å². The Hall–Kier alpha value is -5.81. The number of benzene rings is 3. The summed E-state index contributed by atoms with van der Waals surface area (Å²) in [5.41, 5.74) is -0.471. The first-order valence-corrected chi connectivity index (χ1v) is 22.0. The fraction of sp³-hybridized carbons (Fsp3) is 0.490. The number of amides is 1. The van der Waals surface area contributed by atoms with Crippen LogP contribution in [0.3, 0.4) is 0 Å². The van der Waals surface area contributed by atoms with E-state index in [2.05, 4.69) is 17.3 Å². The van der Waals surface area contributed by atoms with Crippen LogP contribution in [0.1, 0.15) is 77.2 Å². The number of aromatic hydroxyl groups is 1. The number of allylic oxidation sites excluding steroid dienone is 2. The van der Waals surface area contributed by atoms with Gasteiger partial charge in [0.15, 0.2) is 11.3 Å². The Morgan fingerprint density at radius 3 is 2.37 bits per heavy atom. The van der Waals surface area contributed by atoms with Crippen LogP contribution in [-0.2, 0) is 23.8 Å². The zero-order valence-electron chi connectivity index (χ0n) is 38.5. The predicted molar refractivity (Wildman–Crippen MR) is 242 cm³/mol. The van der Waals surface area contributed by atoms with Crippen LogP contribution in [0.5, 0.6) is 17.2 Å². The van der Waals surface area contributed by atoms with E-state index in [1.807, 2.05) is 0 Å². The number of fused-ring (bicyclic) bond motifs is 2. The molecule has 0 aromatic heterocycles. The van der Waals surface area contributed by atoms with Crippen molar-refractivity contribution in [3.63, 3.8) is 0 Å². The van der Waals surface area contributed by atoms with Crippen molar-refractivity contribution < 1.29 is 57.8 Å². The summed E-state index contributed by atoms with van der Waals surface area (Å²) in [4.78, 5) is 63.1. The lowest BCUT2D eigenvalue weighted by Gasteiger charge is -2.38. The van der Waals surface area contributed by atoms with E-state index in [1.54, 1.807) is 58.0 Å². The highest BCUT2D eigenvalue weighted by Crippen LogP contribution is 2.50. The number of phenols is 1. The van der Waals surface area contributed by atoms with Gasteiger partial charge >= 0.3 is 11.8 Å². The van der Waals surface area contributed by atoms with E-state index in [0.717, 1.165) is 25.9 Å². The summed E-state index contributed by atoms with van der Waals surface area (Å²) >= 11 is 0. The summed E-state index contributed by atoms with van der Waals surface area (Å²) in [5, 5.41) is 37.2. The van der Waals surface area contributed by atoms with E-state index in [0.29, 0.717) is 11.3 Å². The highest BCUT2D eigenvalue weighted by Gasteiger charge is 2.50. The SMILES string of the molecule is CO[C@H]1/C=C/O[C@@]2(C)Oc3c(C)c(O)c4c(=O)c(c5oc6cc(OC7CCN(C)CC7)ccc6nc-5c4c3C2=O)NC(=O)/C(C)=C\C=C\[C@H](C)[C@H](O)[C@@H](C)[C@@H](O)[C@@H](C)[C@H](OC(C)=O)[C@@H]1C. The minimum atomic E-state index is -2.04. The molecule has 1 aliphatic carbocycles. The number of ether oxygens (including phenoxy) is 5. The van der Waals surface area contributed by atoms with Crippen LogP contribution in [0, 0.1) is 30.6 Å². The van der Waals surface area contributed by atoms with E-state index in [-0.39, 0.29) is 62.1 Å². The van der Waals surface area contributed by atoms with Crippen molar-refractivity contribution in [1.29, 1.82) is 0 Å². The molecule has 1 saturated heterocycles. The third-order valence-electron chi connectivity index (χ3n) is 13.3. The van der Waals surface area contributed by atoms with E-state index < -0.39 is 82.7 Å². The molecule has 4 aliphatic heterocycles. The number of ketones is 1. The average Bonchev–Trinajstić information content (AvgIpc) is 3.54. The number of anilines is 1. The van der Waals surface area contributed by atoms with Crippen molar-refractivity contribution in [3.05, 3.63) is 75.7 Å². The number of carbonyl (C=O) groups excluding carboxylic acids is 3. The number of aliphatic hydroxyl groups is 2. The second kappa shape index (κ2) is 18.6. The molecule has 9 atom stereocenters. The van der Waals surface area contributed by atoms with Gasteiger partial charge in [0.1, 0.15) is 46.4 Å². The molecule has 0 spiro atoms. The van der Waals surface area contributed by atoms with Crippen LogP contribution in [-0.4, -0.2) is 106 Å². The first-order valence-electron chi connectivity index (χ1n) is 22.0. The number of hydrogen-bond acceptors (Lipinski definition) is 15. The van der Waals surface area contributed by atoms with Gasteiger partial charge in [-0.1, -0.05) is 45.9 Å². The van der Waals surface area contributed by atoms with Crippen LogP contribution in [0.4, 0.5) is 5.69 Å². The van der Waals surface area contributed by atoms with E-state index in [1.165, 1.54) is 53.2 Å². The Labute approximate surface area is 377 Å². The summed E-state index contributed by atoms with van der Waals surface area (Å²) in [6, 6.07) is 5.12. The van der Waals surface area contributed by atoms with Gasteiger partial charge in [0.05, 0.1) is 35.5 Å². The van der Waals surface area contributed by atoms with Crippen LogP contribution in [0.15, 0.2) is 63.6 Å². The Morgan fingerprint density at radius 1 is 0.985 bits per heavy atom. The molecule has 16 nitrogen and oxygen atoms in total. The number of rotatable bonds is 4. The standard InChI is InChI=1S/C49H59N3O13/c1-23-12-11-13-24(2)48(59)51-39-43(57)36-35(38-46(39)64-34-22-31(14-15-32(34)50-38)63-30-16-19-52(9)20-17-30)37-45(28(6)42(36)56)65-49(8,47(37)58)61-21-18-33(60-10)25(3)44(62-29(7)53)27(5)41(55)26(4)40(23)54/h11-15,18,21-23,25-27,30,33,40-41,44,54-56H,16-17,19-20H2,1-10H3,(H,51,59)/b12-11+,21-18+,24-13-/t23-,25+,26+,27+,33-,40-,41+,44+,49-/m0/s1. The fourth-order valence-electron chi connectivity index (χ4n) is 9.15. The molecule has 1 fully saturated rings. The number of phenolic OH excluding ortho intramolecular Hbond substituents is 1. The molecule has 5 aliphatic rings. The quantitative estimate of drug-likeness (QED) is 0.0988. The molecule has 16 heteroatoms. The lowest BCUT2D eigenvalue weighted by atomic mass is 9.78. The number of aromatic nitrogens is 1. The number of aliphatic hydroxyl groups excluding tert-OH is 2. The predicted octanol–water partition coefficient (Wildman–Crippen LogP) is 6.42. The van der Waals surface area contributed by atoms with Gasteiger partial charge in [0, 0.05) is 80.3 Å². The molecular formula is C49H59N3O13. The molecule has 0 unspecified atom stereocenters. The Morgan fingerprint density at radius 2 is 1.69 bits per heavy atom. The molecule has 1 amide bonds. The van der Waals surface area contributed by atoms with Crippen LogP contribution in [0.25, 0.3) is 33.3 Å². The molecule has 7 rings (SSSR count). The third-order valence-corrected chi connectivity index (χ3v) is 13.3. The van der Waals surface area contributed by atoms with Crippen molar-refractivity contribution in [2.24, 2.45) is 23.7 Å². The summed E-state index contributed by atoms with van der Waals surface area (Å²) in [7, 11) is 3.51. The van der Waals surface area contributed by atoms with E-state index >= 15 is 0 Å². The number of nitrogens with zero attached hydrogens (tertiary/aromatic N) is 2. The van der Waals surface area contributed by atoms with Crippen molar-refractivity contribution in [3.8, 4) is 28.7 Å². The number of esters is 1.